The predicted molar refractivity (Wildman–Crippen MR) is 63.0 cm³/mol. The van der Waals surface area contributed by atoms with Crippen molar-refractivity contribution < 1.29 is 0 Å². The van der Waals surface area contributed by atoms with E-state index in [9.17, 15) is 0 Å². The number of rotatable bonds is 5. The van der Waals surface area contributed by atoms with Crippen LogP contribution in [0.5, 0.6) is 0 Å². The molecule has 15 heavy (non-hydrogen) atoms. The number of aromatic amines is 1. The topological polar surface area (TPSA) is 66.7 Å². The maximum absolute atomic E-state index is 5.51. The third kappa shape index (κ3) is 2.81. The van der Waals surface area contributed by atoms with E-state index in [1.54, 1.807) is 11.3 Å². The lowest BCUT2D eigenvalue weighted by atomic mass is 10.3. The first-order valence-corrected chi connectivity index (χ1v) is 5.71. The fraction of sp³-hybridized carbons (Fsp3) is 0.300. The number of nitrogens with two attached hydrogens (primary N) is 1. The summed E-state index contributed by atoms with van der Waals surface area (Å²) >= 11 is 1.61. The van der Waals surface area contributed by atoms with Gasteiger partial charge in [-0.3, -0.25) is 0 Å². The van der Waals surface area contributed by atoms with Crippen LogP contribution < -0.4 is 11.1 Å². The molecule has 0 unspecified atom stereocenters. The average molecular weight is 222 g/mol. The molecule has 0 radical (unpaired) electrons. The molecule has 80 valence electrons. The number of thiazole rings is 1. The van der Waals surface area contributed by atoms with Gasteiger partial charge in [0.05, 0.1) is 0 Å². The first kappa shape index (κ1) is 10.2. The molecule has 0 bridgehead atoms. The third-order valence-electron chi connectivity index (χ3n) is 2.09. The molecule has 0 aliphatic rings. The third-order valence-corrected chi connectivity index (χ3v) is 3.07. The standard InChI is InChI=1S/C10H14N4S/c11-6-9-7-14-10(15-9)13-5-3-8-2-1-4-12-8/h1-2,4,7,12H,3,5-6,11H2,(H,13,14). The van der Waals surface area contributed by atoms with Gasteiger partial charge in [-0.05, 0) is 12.1 Å². The van der Waals surface area contributed by atoms with Gasteiger partial charge >= 0.3 is 0 Å². The molecule has 0 fully saturated rings. The summed E-state index contributed by atoms with van der Waals surface area (Å²) in [7, 11) is 0. The van der Waals surface area contributed by atoms with Gasteiger partial charge in [0.15, 0.2) is 5.13 Å². The van der Waals surface area contributed by atoms with Gasteiger partial charge in [-0.2, -0.15) is 0 Å². The van der Waals surface area contributed by atoms with Gasteiger partial charge in [0.25, 0.3) is 0 Å². The van der Waals surface area contributed by atoms with Crippen molar-refractivity contribution in [2.24, 2.45) is 5.73 Å². The smallest absolute Gasteiger partial charge is 0.182 e. The molecule has 0 saturated carbocycles. The van der Waals surface area contributed by atoms with Crippen molar-refractivity contribution in [2.75, 3.05) is 11.9 Å². The summed E-state index contributed by atoms with van der Waals surface area (Å²) in [4.78, 5) is 8.49. The molecule has 4 N–H and O–H groups in total. The number of hydrogen-bond donors (Lipinski definition) is 3. The lowest BCUT2D eigenvalue weighted by Gasteiger charge is -2.00. The maximum Gasteiger partial charge on any atom is 0.182 e. The molecule has 2 rings (SSSR count). The fourth-order valence-corrected chi connectivity index (χ4v) is 2.03. The van der Waals surface area contributed by atoms with Crippen LogP contribution in [0.15, 0.2) is 24.5 Å². The van der Waals surface area contributed by atoms with E-state index in [4.69, 9.17) is 5.73 Å². The lowest BCUT2D eigenvalue weighted by molar-refractivity contribution is 0.974. The SMILES string of the molecule is NCc1cnc(NCCc2ccc[nH]2)s1. The monoisotopic (exact) mass is 222 g/mol. The van der Waals surface area contributed by atoms with Gasteiger partial charge in [-0.25, -0.2) is 4.98 Å². The Bertz CT molecular complexity index is 393. The Kier molecular flexibility index (Phi) is 3.37. The van der Waals surface area contributed by atoms with Crippen LogP contribution >= 0.6 is 11.3 Å². The maximum atomic E-state index is 5.51. The van der Waals surface area contributed by atoms with Gasteiger partial charge in [0, 0.05) is 42.5 Å². The zero-order valence-electron chi connectivity index (χ0n) is 8.36. The second-order valence-electron chi connectivity index (χ2n) is 3.21. The summed E-state index contributed by atoms with van der Waals surface area (Å²) in [5.41, 5.74) is 6.74. The molecular formula is C10H14N4S. The van der Waals surface area contributed by atoms with Gasteiger partial charge in [0.2, 0.25) is 0 Å². The highest BCUT2D eigenvalue weighted by Crippen LogP contribution is 2.16. The summed E-state index contributed by atoms with van der Waals surface area (Å²) in [6.07, 6.45) is 4.73. The highest BCUT2D eigenvalue weighted by molar-refractivity contribution is 7.15. The van der Waals surface area contributed by atoms with Gasteiger partial charge in [-0.1, -0.05) is 0 Å². The zero-order valence-corrected chi connectivity index (χ0v) is 9.18. The Labute approximate surface area is 92.5 Å². The average Bonchev–Trinajstić information content (AvgIpc) is 2.88. The van der Waals surface area contributed by atoms with E-state index in [1.165, 1.54) is 5.69 Å². The van der Waals surface area contributed by atoms with Crippen LogP contribution in [-0.4, -0.2) is 16.5 Å². The molecule has 0 aliphatic carbocycles. The lowest BCUT2D eigenvalue weighted by Crippen LogP contribution is -2.04. The van der Waals surface area contributed by atoms with E-state index in [0.29, 0.717) is 6.54 Å². The van der Waals surface area contributed by atoms with Crippen LogP contribution in [-0.2, 0) is 13.0 Å². The van der Waals surface area contributed by atoms with Gasteiger partial charge < -0.3 is 16.0 Å². The summed E-state index contributed by atoms with van der Waals surface area (Å²) in [5.74, 6) is 0. The van der Waals surface area contributed by atoms with Crippen LogP contribution in [0.1, 0.15) is 10.6 Å². The Hall–Kier alpha value is -1.33. The molecule has 4 nitrogen and oxygen atoms in total. The highest BCUT2D eigenvalue weighted by atomic mass is 32.1. The number of nitrogens with one attached hydrogen (secondary N) is 2. The van der Waals surface area contributed by atoms with E-state index >= 15 is 0 Å². The summed E-state index contributed by atoms with van der Waals surface area (Å²) in [6, 6.07) is 4.08. The number of aromatic nitrogens is 2. The van der Waals surface area contributed by atoms with Crippen molar-refractivity contribution in [3.05, 3.63) is 35.1 Å². The fourth-order valence-electron chi connectivity index (χ4n) is 1.31. The molecule has 0 spiro atoms. The molecule has 0 saturated heterocycles. The molecule has 2 aromatic heterocycles. The number of anilines is 1. The van der Waals surface area contributed by atoms with Crippen molar-refractivity contribution in [1.29, 1.82) is 0 Å². The van der Waals surface area contributed by atoms with E-state index in [-0.39, 0.29) is 0 Å². The van der Waals surface area contributed by atoms with Crippen molar-refractivity contribution in [1.82, 2.24) is 9.97 Å². The van der Waals surface area contributed by atoms with Gasteiger partial charge in [0.1, 0.15) is 0 Å². The Morgan fingerprint density at radius 2 is 2.47 bits per heavy atom. The largest absolute Gasteiger partial charge is 0.365 e. The molecule has 0 amide bonds. The van der Waals surface area contributed by atoms with Crippen molar-refractivity contribution >= 4 is 16.5 Å². The Balaban J connectivity index is 1.78. The molecule has 2 heterocycles. The van der Waals surface area contributed by atoms with Crippen LogP contribution in [0, 0.1) is 0 Å². The van der Waals surface area contributed by atoms with Gasteiger partial charge in [-0.15, -0.1) is 11.3 Å². The van der Waals surface area contributed by atoms with Crippen LogP contribution in [0.3, 0.4) is 0 Å². The van der Waals surface area contributed by atoms with Crippen LogP contribution in [0.4, 0.5) is 5.13 Å². The van der Waals surface area contributed by atoms with Crippen molar-refractivity contribution in [2.45, 2.75) is 13.0 Å². The predicted octanol–water partition coefficient (Wildman–Crippen LogP) is 1.58. The summed E-state index contributed by atoms with van der Waals surface area (Å²) in [5, 5.41) is 4.22. The first-order chi connectivity index (χ1) is 7.38. The normalized spacial score (nSPS) is 10.5. The van der Waals surface area contributed by atoms with E-state index in [0.717, 1.165) is 23.0 Å². The minimum absolute atomic E-state index is 0.565. The number of H-pyrrole nitrogens is 1. The second kappa shape index (κ2) is 4.95. The minimum atomic E-state index is 0.565. The van der Waals surface area contributed by atoms with E-state index in [1.807, 2.05) is 18.5 Å². The molecule has 5 heteroatoms. The molecular weight excluding hydrogens is 208 g/mol. The minimum Gasteiger partial charge on any atom is -0.365 e. The highest BCUT2D eigenvalue weighted by Gasteiger charge is 1.99. The quantitative estimate of drug-likeness (QED) is 0.719. The van der Waals surface area contributed by atoms with Crippen LogP contribution in [0.25, 0.3) is 0 Å². The Morgan fingerprint density at radius 3 is 3.13 bits per heavy atom. The molecule has 0 aliphatic heterocycles. The molecule has 0 aromatic carbocycles. The Morgan fingerprint density at radius 1 is 1.53 bits per heavy atom. The number of nitrogens with zero attached hydrogens (tertiary/aromatic N) is 1. The summed E-state index contributed by atoms with van der Waals surface area (Å²) < 4.78 is 0. The number of hydrogen-bond acceptors (Lipinski definition) is 4. The zero-order chi connectivity index (χ0) is 10.5. The van der Waals surface area contributed by atoms with Crippen molar-refractivity contribution in [3.63, 3.8) is 0 Å². The summed E-state index contributed by atoms with van der Waals surface area (Å²) in [6.45, 7) is 1.45. The van der Waals surface area contributed by atoms with Crippen LogP contribution in [0.2, 0.25) is 0 Å². The second-order valence-corrected chi connectivity index (χ2v) is 4.32. The molecule has 2 aromatic rings. The van der Waals surface area contributed by atoms with E-state index in [2.05, 4.69) is 21.4 Å². The van der Waals surface area contributed by atoms with E-state index < -0.39 is 0 Å². The first-order valence-electron chi connectivity index (χ1n) is 4.89. The molecule has 0 atom stereocenters. The van der Waals surface area contributed by atoms with Crippen molar-refractivity contribution in [3.8, 4) is 0 Å².